The molecule has 0 N–H and O–H groups in total. The number of anilines is 1. The van der Waals surface area contributed by atoms with Crippen LogP contribution < -0.4 is 4.90 Å². The van der Waals surface area contributed by atoms with E-state index < -0.39 is 5.92 Å². The number of imide groups is 1. The molecule has 5 heteroatoms. The molecule has 3 amide bonds. The van der Waals surface area contributed by atoms with Crippen molar-refractivity contribution in [2.45, 2.75) is 52.0 Å². The maximum Gasteiger partial charge on any atom is 0.238 e. The first kappa shape index (κ1) is 22.6. The quantitative estimate of drug-likeness (QED) is 0.540. The van der Waals surface area contributed by atoms with E-state index in [4.69, 9.17) is 0 Å². The van der Waals surface area contributed by atoms with Crippen LogP contribution in [-0.2, 0) is 14.4 Å². The third-order valence-electron chi connectivity index (χ3n) is 7.85. The van der Waals surface area contributed by atoms with Gasteiger partial charge in [0.1, 0.15) is 0 Å². The summed E-state index contributed by atoms with van der Waals surface area (Å²) >= 11 is 0. The number of fused-ring (bicyclic) bond motifs is 3. The van der Waals surface area contributed by atoms with Crippen molar-refractivity contribution in [2.24, 2.45) is 23.7 Å². The van der Waals surface area contributed by atoms with Crippen LogP contribution in [0.5, 0.6) is 0 Å². The van der Waals surface area contributed by atoms with Crippen LogP contribution in [0.15, 0.2) is 72.4 Å². The van der Waals surface area contributed by atoms with E-state index in [9.17, 15) is 14.4 Å². The molecular weight excluding hydrogens is 424 g/mol. The van der Waals surface area contributed by atoms with Crippen LogP contribution in [0.1, 0.15) is 57.6 Å². The number of rotatable bonds is 6. The summed E-state index contributed by atoms with van der Waals surface area (Å²) in [6.07, 6.45) is 6.04. The zero-order chi connectivity index (χ0) is 23.8. The van der Waals surface area contributed by atoms with Gasteiger partial charge >= 0.3 is 0 Å². The molecule has 176 valence electrons. The first-order chi connectivity index (χ1) is 16.5. The van der Waals surface area contributed by atoms with Crippen molar-refractivity contribution in [3.05, 3.63) is 78.0 Å². The number of hydrogen-bond acceptors (Lipinski definition) is 3. The van der Waals surface area contributed by atoms with Gasteiger partial charge in [0.2, 0.25) is 17.7 Å². The Kier molecular flexibility index (Phi) is 6.11. The molecular formula is C29H32N2O3. The van der Waals surface area contributed by atoms with Crippen molar-refractivity contribution in [3.63, 3.8) is 0 Å². The molecule has 1 aliphatic carbocycles. The van der Waals surface area contributed by atoms with Gasteiger partial charge in [-0.15, -0.1) is 0 Å². The van der Waals surface area contributed by atoms with E-state index in [-0.39, 0.29) is 41.5 Å². The van der Waals surface area contributed by atoms with Gasteiger partial charge in [-0.3, -0.25) is 19.3 Å². The first-order valence-corrected chi connectivity index (χ1v) is 12.5. The summed E-state index contributed by atoms with van der Waals surface area (Å²) in [5, 5.41) is 0. The molecule has 2 heterocycles. The number of likely N-dealkylation sites (tertiary alicyclic amines) is 1. The van der Waals surface area contributed by atoms with Crippen LogP contribution in [0.2, 0.25) is 0 Å². The molecule has 0 radical (unpaired) electrons. The van der Waals surface area contributed by atoms with Crippen LogP contribution in [0, 0.1) is 23.7 Å². The van der Waals surface area contributed by atoms with E-state index in [0.717, 1.165) is 30.5 Å². The fourth-order valence-electron chi connectivity index (χ4n) is 6.20. The van der Waals surface area contributed by atoms with Crippen molar-refractivity contribution in [1.82, 2.24) is 4.90 Å². The number of carbonyl (C=O) groups is 3. The molecule has 3 aliphatic rings. The minimum atomic E-state index is -0.409. The van der Waals surface area contributed by atoms with E-state index in [1.54, 1.807) is 0 Å². The predicted molar refractivity (Wildman–Crippen MR) is 131 cm³/mol. The Balaban J connectivity index is 1.57. The molecule has 0 aromatic heterocycles. The summed E-state index contributed by atoms with van der Waals surface area (Å²) in [5.41, 5.74) is 2.67. The lowest BCUT2D eigenvalue weighted by molar-refractivity contribution is -0.137. The van der Waals surface area contributed by atoms with Crippen LogP contribution in [0.4, 0.5) is 5.69 Å². The second-order valence-electron chi connectivity index (χ2n) is 9.79. The molecule has 5 rings (SSSR count). The Bertz CT molecular complexity index is 1110. The average Bonchev–Trinajstić information content (AvgIpc) is 3.13. The van der Waals surface area contributed by atoms with Gasteiger partial charge in [0, 0.05) is 18.0 Å². The second-order valence-corrected chi connectivity index (χ2v) is 9.79. The molecule has 0 spiro atoms. The number of unbranched alkanes of at least 4 members (excludes halogenated alkanes) is 1. The van der Waals surface area contributed by atoms with Gasteiger partial charge in [-0.05, 0) is 43.4 Å². The molecule has 5 nitrogen and oxygen atoms in total. The number of hydrogen-bond donors (Lipinski definition) is 0. The van der Waals surface area contributed by atoms with Crippen molar-refractivity contribution in [3.8, 4) is 0 Å². The van der Waals surface area contributed by atoms with Crippen LogP contribution in [0.3, 0.4) is 0 Å². The lowest BCUT2D eigenvalue weighted by Gasteiger charge is -2.46. The van der Waals surface area contributed by atoms with Crippen molar-refractivity contribution in [2.75, 3.05) is 4.90 Å². The predicted octanol–water partition coefficient (Wildman–Crippen LogP) is 5.50. The fraction of sp³-hybridized carbons (Fsp3) is 0.414. The highest BCUT2D eigenvalue weighted by molar-refractivity contribution is 6.22. The van der Waals surface area contributed by atoms with Gasteiger partial charge in [-0.2, -0.15) is 0 Å². The van der Waals surface area contributed by atoms with Gasteiger partial charge in [0.25, 0.3) is 0 Å². The number of amides is 3. The van der Waals surface area contributed by atoms with Crippen molar-refractivity contribution >= 4 is 23.4 Å². The summed E-state index contributed by atoms with van der Waals surface area (Å²) in [6, 6.07) is 19.2. The molecule has 0 unspecified atom stereocenters. The molecule has 5 atom stereocenters. The number of nitrogens with zero attached hydrogens (tertiary/aromatic N) is 2. The molecule has 0 saturated carbocycles. The van der Waals surface area contributed by atoms with E-state index in [1.165, 1.54) is 4.90 Å². The summed E-state index contributed by atoms with van der Waals surface area (Å²) in [5.74, 6) is -1.02. The highest BCUT2D eigenvalue weighted by Crippen LogP contribution is 2.52. The Morgan fingerprint density at radius 1 is 0.912 bits per heavy atom. The van der Waals surface area contributed by atoms with E-state index >= 15 is 0 Å². The molecule has 0 bridgehead atoms. The molecule has 2 saturated heterocycles. The molecule has 2 aliphatic heterocycles. The minimum absolute atomic E-state index is 0.0438. The maximum atomic E-state index is 13.8. The average molecular weight is 457 g/mol. The van der Waals surface area contributed by atoms with Crippen molar-refractivity contribution < 1.29 is 14.4 Å². The normalized spacial score (nSPS) is 27.4. The third-order valence-corrected chi connectivity index (χ3v) is 7.85. The van der Waals surface area contributed by atoms with E-state index in [1.807, 2.05) is 65.6 Å². The van der Waals surface area contributed by atoms with Gasteiger partial charge in [0.15, 0.2) is 0 Å². The molecule has 2 aromatic carbocycles. The zero-order valence-electron chi connectivity index (χ0n) is 19.9. The SMILES string of the molecule is CCCC[C@@H]1C=C2[C@H](CCC(=O)N2[C@H](C)c2ccccc2)[C@@H]2C(=O)N(c3ccccc3)C(=O)[C@@H]21. The Morgan fingerprint density at radius 3 is 2.24 bits per heavy atom. The minimum Gasteiger partial charge on any atom is -0.309 e. The van der Waals surface area contributed by atoms with Crippen LogP contribution >= 0.6 is 0 Å². The summed E-state index contributed by atoms with van der Waals surface area (Å²) in [6.45, 7) is 4.20. The largest absolute Gasteiger partial charge is 0.309 e. The summed E-state index contributed by atoms with van der Waals surface area (Å²) < 4.78 is 0. The van der Waals surface area contributed by atoms with Gasteiger partial charge in [0.05, 0.1) is 23.6 Å². The number of para-hydroxylation sites is 1. The van der Waals surface area contributed by atoms with Crippen LogP contribution in [-0.4, -0.2) is 22.6 Å². The van der Waals surface area contributed by atoms with Gasteiger partial charge < -0.3 is 4.90 Å². The van der Waals surface area contributed by atoms with Crippen LogP contribution in [0.25, 0.3) is 0 Å². The number of benzene rings is 2. The number of piperidine rings is 1. The summed E-state index contributed by atoms with van der Waals surface area (Å²) in [4.78, 5) is 44.1. The van der Waals surface area contributed by atoms with Gasteiger partial charge in [-0.25, -0.2) is 0 Å². The summed E-state index contributed by atoms with van der Waals surface area (Å²) in [7, 11) is 0. The molecule has 34 heavy (non-hydrogen) atoms. The van der Waals surface area contributed by atoms with Gasteiger partial charge in [-0.1, -0.05) is 74.4 Å². The number of allylic oxidation sites excluding steroid dienone is 2. The monoisotopic (exact) mass is 456 g/mol. The first-order valence-electron chi connectivity index (χ1n) is 12.5. The van der Waals surface area contributed by atoms with Crippen molar-refractivity contribution in [1.29, 1.82) is 0 Å². The Labute approximate surface area is 201 Å². The second kappa shape index (κ2) is 9.21. The molecule has 2 fully saturated rings. The smallest absolute Gasteiger partial charge is 0.238 e. The zero-order valence-corrected chi connectivity index (χ0v) is 19.9. The highest BCUT2D eigenvalue weighted by Gasteiger charge is 2.58. The fourth-order valence-corrected chi connectivity index (χ4v) is 6.20. The highest BCUT2D eigenvalue weighted by atomic mass is 16.2. The molecule has 2 aromatic rings. The number of carbonyl (C=O) groups excluding carboxylic acids is 3. The van der Waals surface area contributed by atoms with E-state index in [2.05, 4.69) is 19.9 Å². The Hall–Kier alpha value is -3.21. The Morgan fingerprint density at radius 2 is 1.56 bits per heavy atom. The standard InChI is InChI=1S/C29H32N2O3/c1-3-4-11-21-18-24-23(16-17-25(32)30(24)19(2)20-12-7-5-8-13-20)27-26(21)28(33)31(29(27)34)22-14-9-6-10-15-22/h5-10,12-15,18-19,21,23,26-27H,3-4,11,16-17H2,1-2H3/t19-,21-,23+,26-,27+/m1/s1. The topological polar surface area (TPSA) is 57.7 Å². The van der Waals surface area contributed by atoms with E-state index in [0.29, 0.717) is 18.5 Å². The lowest BCUT2D eigenvalue weighted by atomic mass is 9.66. The maximum absolute atomic E-state index is 13.8. The lowest BCUT2D eigenvalue weighted by Crippen LogP contribution is -2.47. The third kappa shape index (κ3) is 3.67.